The van der Waals surface area contributed by atoms with E-state index in [1.165, 1.54) is 0 Å². The number of hydrogen-bond acceptors (Lipinski definition) is 4. The standard InChI is InChI=1S/C14H27NO5S/c1-13(2)14(16)20-11-10-15(3,4)9-7-5-6-8-12-21(17,18)19/h1,5-12H2,2-4H3/p+1. The first kappa shape index (κ1) is 20.1. The quantitative estimate of drug-likeness (QED) is 0.206. The Morgan fingerprint density at radius 1 is 1.14 bits per heavy atom. The van der Waals surface area contributed by atoms with E-state index in [1.807, 2.05) is 0 Å². The molecule has 7 heteroatoms. The molecule has 0 aromatic rings. The molecular formula is C14H28NO5S+. The van der Waals surface area contributed by atoms with Gasteiger partial charge in [0, 0.05) is 5.57 Å². The second kappa shape index (κ2) is 9.17. The van der Waals surface area contributed by atoms with Gasteiger partial charge in [-0.1, -0.05) is 13.0 Å². The lowest BCUT2D eigenvalue weighted by Crippen LogP contribution is -2.43. The van der Waals surface area contributed by atoms with Gasteiger partial charge in [-0.2, -0.15) is 8.42 Å². The summed E-state index contributed by atoms with van der Waals surface area (Å²) in [5, 5.41) is 0. The van der Waals surface area contributed by atoms with Gasteiger partial charge in [-0.3, -0.25) is 4.55 Å². The van der Waals surface area contributed by atoms with E-state index >= 15 is 0 Å². The smallest absolute Gasteiger partial charge is 0.333 e. The molecule has 1 N–H and O–H groups in total. The Labute approximate surface area is 128 Å². The molecule has 0 unspecified atom stereocenters. The summed E-state index contributed by atoms with van der Waals surface area (Å²) in [5.74, 6) is -0.525. The van der Waals surface area contributed by atoms with Crippen LogP contribution in [0.2, 0.25) is 0 Å². The summed E-state index contributed by atoms with van der Waals surface area (Å²) in [7, 11) is 0.298. The van der Waals surface area contributed by atoms with Gasteiger partial charge < -0.3 is 9.22 Å². The molecule has 0 fully saturated rings. The zero-order valence-electron chi connectivity index (χ0n) is 13.3. The van der Waals surface area contributed by atoms with Gasteiger partial charge in [-0.15, -0.1) is 0 Å². The summed E-state index contributed by atoms with van der Waals surface area (Å²) >= 11 is 0. The third-order valence-electron chi connectivity index (χ3n) is 3.19. The van der Waals surface area contributed by atoms with E-state index in [0.29, 0.717) is 18.6 Å². The highest BCUT2D eigenvalue weighted by Gasteiger charge is 2.15. The zero-order chi connectivity index (χ0) is 16.5. The van der Waals surface area contributed by atoms with Crippen LogP contribution in [-0.4, -0.2) is 63.0 Å². The summed E-state index contributed by atoms with van der Waals surface area (Å²) in [4.78, 5) is 11.2. The monoisotopic (exact) mass is 322 g/mol. The van der Waals surface area contributed by atoms with Gasteiger partial charge in [0.05, 0.1) is 26.4 Å². The molecule has 6 nitrogen and oxygen atoms in total. The van der Waals surface area contributed by atoms with Crippen LogP contribution < -0.4 is 0 Å². The van der Waals surface area contributed by atoms with Gasteiger partial charge in [0.1, 0.15) is 13.2 Å². The number of ether oxygens (including phenoxy) is 1. The molecule has 0 rings (SSSR count). The molecule has 0 atom stereocenters. The fourth-order valence-electron chi connectivity index (χ4n) is 1.80. The Morgan fingerprint density at radius 2 is 1.71 bits per heavy atom. The van der Waals surface area contributed by atoms with Crippen LogP contribution in [0.15, 0.2) is 12.2 Å². The molecule has 0 saturated carbocycles. The van der Waals surface area contributed by atoms with E-state index in [-0.39, 0.29) is 11.7 Å². The van der Waals surface area contributed by atoms with E-state index < -0.39 is 10.1 Å². The largest absolute Gasteiger partial charge is 0.456 e. The minimum atomic E-state index is -3.83. The molecule has 0 aliphatic heterocycles. The zero-order valence-corrected chi connectivity index (χ0v) is 14.1. The number of esters is 1. The number of rotatable bonds is 11. The Kier molecular flexibility index (Phi) is 8.77. The number of hydrogen-bond donors (Lipinski definition) is 1. The van der Waals surface area contributed by atoms with E-state index in [9.17, 15) is 13.2 Å². The van der Waals surface area contributed by atoms with Crippen LogP contribution in [0.4, 0.5) is 0 Å². The van der Waals surface area contributed by atoms with Crippen molar-refractivity contribution in [2.24, 2.45) is 0 Å². The van der Waals surface area contributed by atoms with Crippen LogP contribution in [0.5, 0.6) is 0 Å². The molecule has 0 aromatic carbocycles. The first-order valence-corrected chi connectivity index (χ1v) is 8.74. The van der Waals surface area contributed by atoms with E-state index in [0.717, 1.165) is 36.8 Å². The third-order valence-corrected chi connectivity index (χ3v) is 4.00. The van der Waals surface area contributed by atoms with Crippen LogP contribution in [0, 0.1) is 0 Å². The highest BCUT2D eigenvalue weighted by Crippen LogP contribution is 2.07. The van der Waals surface area contributed by atoms with E-state index in [4.69, 9.17) is 9.29 Å². The van der Waals surface area contributed by atoms with Crippen LogP contribution in [0.1, 0.15) is 32.6 Å². The van der Waals surface area contributed by atoms with Crippen molar-refractivity contribution in [1.29, 1.82) is 0 Å². The molecule has 0 amide bonds. The first-order valence-electron chi connectivity index (χ1n) is 7.13. The number of carbonyl (C=O) groups excluding carboxylic acids is 1. The molecule has 0 aromatic heterocycles. The molecule has 0 spiro atoms. The summed E-state index contributed by atoms with van der Waals surface area (Å²) < 4.78 is 35.5. The molecule has 0 bridgehead atoms. The minimum absolute atomic E-state index is 0.165. The van der Waals surface area contributed by atoms with Crippen LogP contribution in [0.3, 0.4) is 0 Å². The molecule has 0 saturated heterocycles. The van der Waals surface area contributed by atoms with E-state index in [2.05, 4.69) is 20.7 Å². The Bertz CT molecular complexity index is 442. The van der Waals surface area contributed by atoms with Gasteiger partial charge in [-0.05, 0) is 26.2 Å². The summed E-state index contributed by atoms with van der Waals surface area (Å²) in [6, 6.07) is 0. The van der Waals surface area contributed by atoms with Crippen molar-refractivity contribution in [2.45, 2.75) is 32.6 Å². The number of carbonyl (C=O) groups is 1. The average molecular weight is 322 g/mol. The summed E-state index contributed by atoms with van der Waals surface area (Å²) in [6.07, 6.45) is 3.16. The SMILES string of the molecule is C=C(C)C(=O)OCC[N+](C)(C)CCCCCCS(=O)(=O)O. The Balaban J connectivity index is 3.73. The predicted octanol–water partition coefficient (Wildman–Crippen LogP) is 1.63. The number of quaternary nitrogens is 1. The van der Waals surface area contributed by atoms with Gasteiger partial charge in [0.25, 0.3) is 10.1 Å². The summed E-state index contributed by atoms with van der Waals surface area (Å²) in [5.41, 5.74) is 0.402. The number of unbranched alkanes of at least 4 members (excludes halogenated alkanes) is 3. The Morgan fingerprint density at radius 3 is 2.24 bits per heavy atom. The topological polar surface area (TPSA) is 80.7 Å². The van der Waals surface area contributed by atoms with Crippen molar-refractivity contribution in [3.8, 4) is 0 Å². The van der Waals surface area contributed by atoms with Crippen molar-refractivity contribution in [1.82, 2.24) is 0 Å². The fourth-order valence-corrected chi connectivity index (χ4v) is 2.37. The van der Waals surface area contributed by atoms with Crippen LogP contribution in [-0.2, 0) is 19.6 Å². The number of likely N-dealkylation sites (N-methyl/N-ethyl adjacent to an activating group) is 1. The molecular weight excluding hydrogens is 294 g/mol. The van der Waals surface area contributed by atoms with Gasteiger partial charge in [-0.25, -0.2) is 4.79 Å². The van der Waals surface area contributed by atoms with Gasteiger partial charge in [0.15, 0.2) is 0 Å². The van der Waals surface area contributed by atoms with E-state index in [1.54, 1.807) is 6.92 Å². The van der Waals surface area contributed by atoms with Gasteiger partial charge >= 0.3 is 5.97 Å². The van der Waals surface area contributed by atoms with Crippen LogP contribution in [0.25, 0.3) is 0 Å². The van der Waals surface area contributed by atoms with Crippen LogP contribution >= 0.6 is 0 Å². The Hall–Kier alpha value is -0.920. The maximum Gasteiger partial charge on any atom is 0.333 e. The van der Waals surface area contributed by atoms with Crippen molar-refractivity contribution < 1.29 is 27.0 Å². The first-order chi connectivity index (χ1) is 9.53. The predicted molar refractivity (Wildman–Crippen MR) is 82.5 cm³/mol. The average Bonchev–Trinajstić information content (AvgIpc) is 2.31. The van der Waals surface area contributed by atoms with Crippen molar-refractivity contribution >= 4 is 16.1 Å². The lowest BCUT2D eigenvalue weighted by atomic mass is 10.2. The highest BCUT2D eigenvalue weighted by molar-refractivity contribution is 7.85. The fraction of sp³-hybridized carbons (Fsp3) is 0.786. The maximum atomic E-state index is 11.2. The second-order valence-electron chi connectivity index (χ2n) is 6.00. The second-order valence-corrected chi connectivity index (χ2v) is 7.57. The van der Waals surface area contributed by atoms with Gasteiger partial charge in [0.2, 0.25) is 0 Å². The molecule has 124 valence electrons. The molecule has 0 aliphatic rings. The van der Waals surface area contributed by atoms with Crippen molar-refractivity contribution in [2.75, 3.05) is 39.5 Å². The maximum absolute atomic E-state index is 11.2. The molecule has 21 heavy (non-hydrogen) atoms. The minimum Gasteiger partial charge on any atom is -0.456 e. The summed E-state index contributed by atoms with van der Waals surface area (Å²) in [6.45, 7) is 7.16. The van der Waals surface area contributed by atoms with Crippen molar-refractivity contribution in [3.05, 3.63) is 12.2 Å². The highest BCUT2D eigenvalue weighted by atomic mass is 32.2. The molecule has 0 heterocycles. The lowest BCUT2D eigenvalue weighted by molar-refractivity contribution is -0.890. The number of nitrogens with zero attached hydrogens (tertiary/aromatic N) is 1. The molecule has 0 aliphatic carbocycles. The lowest BCUT2D eigenvalue weighted by Gasteiger charge is -2.29. The molecule has 0 radical (unpaired) electrons. The van der Waals surface area contributed by atoms with Crippen molar-refractivity contribution in [3.63, 3.8) is 0 Å². The third kappa shape index (κ3) is 12.5. The normalized spacial score (nSPS) is 12.2.